The predicted octanol–water partition coefficient (Wildman–Crippen LogP) is -0.301. The quantitative estimate of drug-likeness (QED) is 0.259. The summed E-state index contributed by atoms with van der Waals surface area (Å²) in [5.74, 6) is 8.00. The summed E-state index contributed by atoms with van der Waals surface area (Å²) >= 11 is -4.64. The van der Waals surface area contributed by atoms with Gasteiger partial charge in [0.15, 0.2) is 0 Å². The van der Waals surface area contributed by atoms with Crippen LogP contribution in [0.5, 0.6) is 0 Å². The molecular weight excluding hydrogens is 112 g/mol. The summed E-state index contributed by atoms with van der Waals surface area (Å²) in [5.41, 5.74) is 0. The number of rotatable bonds is 0. The van der Waals surface area contributed by atoms with E-state index in [0.717, 1.165) is 0 Å². The monoisotopic (exact) mass is 116 g/mol. The summed E-state index contributed by atoms with van der Waals surface area (Å²) in [6, 6.07) is 0. The maximum Gasteiger partial charge on any atom is 1.04 e. The Morgan fingerprint density at radius 2 is 1.00 bits per heavy atom. The van der Waals surface area contributed by atoms with Crippen LogP contribution in [0.1, 0.15) is 0 Å². The van der Waals surface area contributed by atoms with Crippen molar-refractivity contribution in [1.82, 2.24) is 0 Å². The molecule has 0 bridgehead atoms. The highest BCUT2D eigenvalue weighted by atomic mass is 27.3. The van der Waals surface area contributed by atoms with Gasteiger partial charge >= 0.3 is 15.5 Å². The first-order valence-electron chi connectivity index (χ1n) is 0.988. The molecule has 0 saturated heterocycles. The average Bonchev–Trinajstić information content (AvgIpc) is 1.41. The minimum absolute atomic E-state index is 4.00. The normalized spacial score (nSPS) is 5.50. The third-order valence-corrected chi connectivity index (χ3v) is 0. The van der Waals surface area contributed by atoms with Gasteiger partial charge in [-0.15, -0.1) is 0 Å². The first-order valence-corrected chi connectivity index (χ1v) is 2.30. The molecule has 0 aromatic carbocycles. The van der Waals surface area contributed by atoms with Crippen molar-refractivity contribution < 1.29 is 10.6 Å². The van der Waals surface area contributed by atoms with Crippen molar-refractivity contribution in [2.45, 2.75) is 0 Å². The average molecular weight is 116 g/mol. The van der Waals surface area contributed by atoms with Crippen LogP contribution >= 0.6 is 0 Å². The third-order valence-electron chi connectivity index (χ3n) is 0. The second-order valence-electron chi connectivity index (χ2n) is 0.247. The van der Waals surface area contributed by atoms with E-state index >= 15 is 0 Å². The lowest BCUT2D eigenvalue weighted by atomic mass is 13.0. The van der Waals surface area contributed by atoms with E-state index in [2.05, 4.69) is 11.7 Å². The zero-order valence-electron chi connectivity index (χ0n) is 2.87. The van der Waals surface area contributed by atoms with E-state index in [-0.39, 0.29) is 0 Å². The SMILES string of the molecule is NN.[F][Al]([F])[F]. The lowest BCUT2D eigenvalue weighted by Crippen LogP contribution is -2.02. The molecule has 6 heteroatoms. The van der Waals surface area contributed by atoms with Crippen LogP contribution in [0.4, 0.5) is 10.6 Å². The highest BCUT2D eigenvalue weighted by Crippen LogP contribution is 1.80. The van der Waals surface area contributed by atoms with Crippen molar-refractivity contribution in [3.8, 4) is 0 Å². The Labute approximate surface area is 38.7 Å². The van der Waals surface area contributed by atoms with Crippen molar-refractivity contribution in [3.05, 3.63) is 0 Å². The number of halogens is 3. The summed E-state index contributed by atoms with van der Waals surface area (Å²) in [7, 11) is 0. The van der Waals surface area contributed by atoms with Gasteiger partial charge in [-0.3, -0.25) is 11.7 Å². The van der Waals surface area contributed by atoms with Gasteiger partial charge in [0.25, 0.3) is 0 Å². The predicted molar refractivity (Wildman–Crippen MR) is 17.5 cm³/mol. The Balaban J connectivity index is 0. The molecule has 2 nitrogen and oxygen atoms in total. The molecule has 6 heavy (non-hydrogen) atoms. The standard InChI is InChI=1S/Al.3FH.H4N2/c;;;;1-2/h;3*1H;1-2H2/q+3;;;;/p-3. The molecule has 0 aliphatic carbocycles. The van der Waals surface area contributed by atoms with E-state index in [9.17, 15) is 10.6 Å². The van der Waals surface area contributed by atoms with Gasteiger partial charge in [0.1, 0.15) is 0 Å². The molecule has 0 radical (unpaired) electrons. The number of nitrogens with two attached hydrogens (primary N) is 2. The van der Waals surface area contributed by atoms with Crippen LogP contribution in [0.3, 0.4) is 0 Å². The van der Waals surface area contributed by atoms with E-state index in [1.165, 1.54) is 0 Å². The van der Waals surface area contributed by atoms with Gasteiger partial charge in [-0.1, -0.05) is 0 Å². The molecule has 0 rings (SSSR count). The summed E-state index contributed by atoms with van der Waals surface area (Å²) < 4.78 is 29.4. The fraction of sp³-hybridized carbons (Fsp3) is 0. The first kappa shape index (κ1) is 9.53. The molecule has 0 aliphatic heterocycles. The molecule has 0 unspecified atom stereocenters. The molecule has 0 aromatic rings. The number of hydrazine groups is 1. The van der Waals surface area contributed by atoms with Crippen LogP contribution in [0.15, 0.2) is 0 Å². The largest absolute Gasteiger partial charge is 1.04 e. The summed E-state index contributed by atoms with van der Waals surface area (Å²) in [5, 5.41) is 0. The van der Waals surface area contributed by atoms with Crippen LogP contribution in [-0.2, 0) is 0 Å². The summed E-state index contributed by atoms with van der Waals surface area (Å²) in [6.07, 6.45) is 0. The molecule has 0 atom stereocenters. The van der Waals surface area contributed by atoms with Gasteiger partial charge in [0, 0.05) is 0 Å². The van der Waals surface area contributed by atoms with E-state index < -0.39 is 15.5 Å². The molecular formula is H4AlF3N2. The Morgan fingerprint density at radius 3 is 1.00 bits per heavy atom. The molecule has 0 aliphatic rings. The number of hydrogen-bond acceptors (Lipinski definition) is 2. The highest BCUT2D eigenvalue weighted by molar-refractivity contribution is 6.33. The fourth-order valence-electron chi connectivity index (χ4n) is 0. The fourth-order valence-corrected chi connectivity index (χ4v) is 0. The highest BCUT2D eigenvalue weighted by Gasteiger charge is 2.21. The van der Waals surface area contributed by atoms with E-state index in [1.54, 1.807) is 0 Å². The minimum Gasteiger partial charge on any atom is -0.346 e. The van der Waals surface area contributed by atoms with Gasteiger partial charge in [0.2, 0.25) is 0 Å². The second-order valence-corrected chi connectivity index (χ2v) is 0.742. The van der Waals surface area contributed by atoms with Crippen molar-refractivity contribution >= 4 is 15.5 Å². The minimum atomic E-state index is -4.64. The van der Waals surface area contributed by atoms with Crippen molar-refractivity contribution in [2.24, 2.45) is 11.7 Å². The molecule has 0 saturated carbocycles. The van der Waals surface area contributed by atoms with Crippen LogP contribution in [0.25, 0.3) is 0 Å². The van der Waals surface area contributed by atoms with Gasteiger partial charge in [-0.05, 0) is 0 Å². The zero-order valence-corrected chi connectivity index (χ0v) is 4.02. The lowest BCUT2D eigenvalue weighted by Gasteiger charge is -1.52. The van der Waals surface area contributed by atoms with Crippen LogP contribution in [0.2, 0.25) is 0 Å². The lowest BCUT2D eigenvalue weighted by molar-refractivity contribution is 0.535. The Bertz CT molecular complexity index is 13.5. The van der Waals surface area contributed by atoms with Crippen molar-refractivity contribution in [3.63, 3.8) is 0 Å². The van der Waals surface area contributed by atoms with Gasteiger partial charge in [-0.25, -0.2) is 0 Å². The van der Waals surface area contributed by atoms with Crippen LogP contribution in [0, 0.1) is 0 Å². The van der Waals surface area contributed by atoms with Gasteiger partial charge < -0.3 is 10.6 Å². The molecule has 0 heterocycles. The summed E-state index contributed by atoms with van der Waals surface area (Å²) in [6.45, 7) is 0. The van der Waals surface area contributed by atoms with E-state index in [4.69, 9.17) is 0 Å². The second kappa shape index (κ2) is 8.97. The maximum atomic E-state index is 9.81. The van der Waals surface area contributed by atoms with E-state index in [1.807, 2.05) is 0 Å². The van der Waals surface area contributed by atoms with Crippen LogP contribution < -0.4 is 11.7 Å². The number of hydrogen-bond donors (Lipinski definition) is 2. The third kappa shape index (κ3) is 759. The van der Waals surface area contributed by atoms with Crippen LogP contribution in [-0.4, -0.2) is 15.5 Å². The smallest absolute Gasteiger partial charge is 0.346 e. The Hall–Kier alpha value is 0.242. The molecule has 0 amide bonds. The van der Waals surface area contributed by atoms with E-state index in [0.29, 0.717) is 0 Å². The molecule has 0 aromatic heterocycles. The molecule has 38 valence electrons. The molecule has 0 fully saturated rings. The Kier molecular flexibility index (Phi) is 14.3. The maximum absolute atomic E-state index is 9.81. The molecule has 0 spiro atoms. The molecule has 4 N–H and O–H groups in total. The van der Waals surface area contributed by atoms with Gasteiger partial charge in [0.05, 0.1) is 0 Å². The van der Waals surface area contributed by atoms with Crippen molar-refractivity contribution in [1.29, 1.82) is 0 Å². The van der Waals surface area contributed by atoms with Gasteiger partial charge in [-0.2, -0.15) is 0 Å². The first-order chi connectivity index (χ1) is 2.73. The topological polar surface area (TPSA) is 52.0 Å². The van der Waals surface area contributed by atoms with Crippen molar-refractivity contribution in [2.75, 3.05) is 0 Å². The zero-order chi connectivity index (χ0) is 5.58. The summed E-state index contributed by atoms with van der Waals surface area (Å²) in [4.78, 5) is 0. The Morgan fingerprint density at radius 1 is 1.00 bits per heavy atom.